The molecule has 0 saturated heterocycles. The molecule has 4 aromatic rings. The molecule has 15 heteroatoms. The highest BCUT2D eigenvalue weighted by Gasteiger charge is 2.28. The summed E-state index contributed by atoms with van der Waals surface area (Å²) < 4.78 is 63.6. The van der Waals surface area contributed by atoms with E-state index in [4.69, 9.17) is 9.47 Å². The first-order chi connectivity index (χ1) is 19.2. The highest BCUT2D eigenvalue weighted by Crippen LogP contribution is 2.25. The van der Waals surface area contributed by atoms with Crippen molar-refractivity contribution in [3.8, 4) is 11.4 Å². The predicted octanol–water partition coefficient (Wildman–Crippen LogP) is 2.74. The molecular formula is C25H25F4N7O4. The van der Waals surface area contributed by atoms with Gasteiger partial charge in [-0.3, -0.25) is 9.59 Å². The second kappa shape index (κ2) is 12.5. The molecule has 0 bridgehead atoms. The number of imidazole rings is 1. The minimum Gasteiger partial charge on any atom is -0.489 e. The van der Waals surface area contributed by atoms with Crippen LogP contribution in [-0.4, -0.2) is 75.6 Å². The SMILES string of the molecule is Cn1c(CNC(=O)c2cn(-c3ccc(C(=O)NCC(F)(F)F)cc3OCCOCCF)nn2)nc2ccccc21. The number of aryl methyl sites for hydroxylation is 1. The van der Waals surface area contributed by atoms with Crippen LogP contribution in [0.1, 0.15) is 26.7 Å². The number of fused-ring (bicyclic) bond motifs is 1. The minimum absolute atomic E-state index is 0.0150. The zero-order valence-corrected chi connectivity index (χ0v) is 21.2. The van der Waals surface area contributed by atoms with Gasteiger partial charge in [0.05, 0.1) is 37.0 Å². The Morgan fingerprint density at radius 3 is 2.58 bits per heavy atom. The molecular weight excluding hydrogens is 538 g/mol. The third kappa shape index (κ3) is 7.11. The molecule has 0 spiro atoms. The number of nitrogens with one attached hydrogen (secondary N) is 2. The summed E-state index contributed by atoms with van der Waals surface area (Å²) >= 11 is 0. The number of hydrogen-bond acceptors (Lipinski definition) is 7. The van der Waals surface area contributed by atoms with Crippen molar-refractivity contribution < 1.29 is 36.6 Å². The van der Waals surface area contributed by atoms with Gasteiger partial charge in [-0.1, -0.05) is 17.3 Å². The lowest BCUT2D eigenvalue weighted by molar-refractivity contribution is -0.123. The van der Waals surface area contributed by atoms with Crippen LogP contribution in [0, 0.1) is 0 Å². The molecule has 0 aliphatic heterocycles. The van der Waals surface area contributed by atoms with Gasteiger partial charge in [-0.05, 0) is 30.3 Å². The number of ether oxygens (including phenoxy) is 2. The van der Waals surface area contributed by atoms with Crippen LogP contribution in [0.4, 0.5) is 17.6 Å². The molecule has 4 rings (SSSR count). The molecule has 0 atom stereocenters. The van der Waals surface area contributed by atoms with Gasteiger partial charge in [-0.25, -0.2) is 14.1 Å². The molecule has 2 N–H and O–H groups in total. The summed E-state index contributed by atoms with van der Waals surface area (Å²) in [5.74, 6) is -0.807. The fourth-order valence-corrected chi connectivity index (χ4v) is 3.70. The van der Waals surface area contributed by atoms with Gasteiger partial charge < -0.3 is 24.7 Å². The number of para-hydroxylation sites is 2. The van der Waals surface area contributed by atoms with Gasteiger partial charge in [0.25, 0.3) is 11.8 Å². The lowest BCUT2D eigenvalue weighted by Gasteiger charge is -2.14. The fourth-order valence-electron chi connectivity index (χ4n) is 3.70. The van der Waals surface area contributed by atoms with Crippen molar-refractivity contribution in [2.24, 2.45) is 7.05 Å². The normalized spacial score (nSPS) is 11.5. The molecule has 0 aliphatic rings. The van der Waals surface area contributed by atoms with Crippen LogP contribution in [0.5, 0.6) is 5.75 Å². The number of hydrogen-bond donors (Lipinski definition) is 2. The first kappa shape index (κ1) is 28.5. The summed E-state index contributed by atoms with van der Waals surface area (Å²) in [7, 11) is 1.84. The van der Waals surface area contributed by atoms with Crippen molar-refractivity contribution in [2.45, 2.75) is 12.7 Å². The number of nitrogens with zero attached hydrogens (tertiary/aromatic N) is 5. The van der Waals surface area contributed by atoms with E-state index in [1.807, 2.05) is 35.9 Å². The van der Waals surface area contributed by atoms with E-state index in [1.165, 1.54) is 29.1 Å². The van der Waals surface area contributed by atoms with Gasteiger partial charge in [-0.2, -0.15) is 13.2 Å². The monoisotopic (exact) mass is 563 g/mol. The van der Waals surface area contributed by atoms with Crippen molar-refractivity contribution in [1.29, 1.82) is 0 Å². The Bertz CT molecular complexity index is 1490. The van der Waals surface area contributed by atoms with E-state index in [2.05, 4.69) is 20.6 Å². The van der Waals surface area contributed by atoms with Crippen molar-refractivity contribution in [3.63, 3.8) is 0 Å². The molecule has 212 valence electrons. The standard InChI is InChI=1S/C25H25F4N7O4/c1-35-19-5-3-2-4-17(19)32-22(35)13-30-24(38)18-14-36(34-33-18)20-7-6-16(23(37)31-15-25(27,28)29)12-21(20)40-11-10-39-9-8-26/h2-7,12,14H,8-11,13,15H2,1H3,(H,30,38)(H,31,37). The van der Waals surface area contributed by atoms with Crippen LogP contribution >= 0.6 is 0 Å². The Morgan fingerprint density at radius 1 is 1.02 bits per heavy atom. The third-order valence-electron chi connectivity index (χ3n) is 5.64. The molecule has 0 aliphatic carbocycles. The third-order valence-corrected chi connectivity index (χ3v) is 5.64. The molecule has 2 aromatic heterocycles. The van der Waals surface area contributed by atoms with E-state index < -0.39 is 31.2 Å². The number of halogens is 4. The number of carbonyl (C=O) groups excluding carboxylic acids is 2. The topological polar surface area (TPSA) is 125 Å². The Hall–Kier alpha value is -4.53. The predicted molar refractivity (Wildman–Crippen MR) is 134 cm³/mol. The summed E-state index contributed by atoms with van der Waals surface area (Å²) in [6, 6.07) is 11.4. The van der Waals surface area contributed by atoms with Crippen LogP contribution in [0.25, 0.3) is 16.7 Å². The number of amides is 2. The minimum atomic E-state index is -4.58. The highest BCUT2D eigenvalue weighted by molar-refractivity contribution is 5.95. The fraction of sp³-hybridized carbons (Fsp3) is 0.320. The maximum Gasteiger partial charge on any atom is 0.405 e. The van der Waals surface area contributed by atoms with Gasteiger partial charge in [0.15, 0.2) is 5.69 Å². The Kier molecular flexibility index (Phi) is 8.93. The number of rotatable bonds is 12. The Morgan fingerprint density at radius 2 is 1.82 bits per heavy atom. The molecule has 11 nitrogen and oxygen atoms in total. The van der Waals surface area contributed by atoms with E-state index in [0.29, 0.717) is 5.82 Å². The molecule has 0 saturated carbocycles. The van der Waals surface area contributed by atoms with Gasteiger partial charge in [0, 0.05) is 12.6 Å². The van der Waals surface area contributed by atoms with Crippen molar-refractivity contribution in [2.75, 3.05) is 33.0 Å². The molecule has 40 heavy (non-hydrogen) atoms. The van der Waals surface area contributed by atoms with Crippen LogP contribution < -0.4 is 15.4 Å². The lowest BCUT2D eigenvalue weighted by Crippen LogP contribution is -2.33. The van der Waals surface area contributed by atoms with Crippen LogP contribution in [-0.2, 0) is 18.3 Å². The molecule has 2 amide bonds. The average molecular weight is 564 g/mol. The zero-order chi connectivity index (χ0) is 28.7. The molecule has 0 fully saturated rings. The molecule has 0 radical (unpaired) electrons. The number of alkyl halides is 4. The summed E-state index contributed by atoms with van der Waals surface area (Å²) in [6.45, 7) is -2.23. The van der Waals surface area contributed by atoms with Crippen molar-refractivity contribution in [1.82, 2.24) is 35.2 Å². The number of benzene rings is 2. The quantitative estimate of drug-likeness (QED) is 0.201. The van der Waals surface area contributed by atoms with E-state index >= 15 is 0 Å². The van der Waals surface area contributed by atoms with Gasteiger partial charge in [-0.15, -0.1) is 5.10 Å². The first-order valence-corrected chi connectivity index (χ1v) is 12.0. The number of carbonyl (C=O) groups is 2. The van der Waals surface area contributed by atoms with E-state index in [0.717, 1.165) is 11.0 Å². The van der Waals surface area contributed by atoms with E-state index in [9.17, 15) is 27.2 Å². The largest absolute Gasteiger partial charge is 0.489 e. The first-order valence-electron chi connectivity index (χ1n) is 12.0. The summed E-state index contributed by atoms with van der Waals surface area (Å²) in [5.41, 5.74) is 1.82. The lowest BCUT2D eigenvalue weighted by atomic mass is 10.1. The second-order valence-electron chi connectivity index (χ2n) is 8.44. The zero-order valence-electron chi connectivity index (χ0n) is 21.2. The molecule has 2 heterocycles. The smallest absolute Gasteiger partial charge is 0.405 e. The molecule has 0 unspecified atom stereocenters. The van der Waals surface area contributed by atoms with Crippen molar-refractivity contribution in [3.05, 3.63) is 65.7 Å². The van der Waals surface area contributed by atoms with Crippen LogP contribution in [0.15, 0.2) is 48.7 Å². The molecule has 2 aromatic carbocycles. The van der Waals surface area contributed by atoms with E-state index in [-0.39, 0.29) is 49.1 Å². The highest BCUT2D eigenvalue weighted by atomic mass is 19.4. The Balaban J connectivity index is 1.49. The van der Waals surface area contributed by atoms with Crippen molar-refractivity contribution >= 4 is 22.8 Å². The van der Waals surface area contributed by atoms with Crippen LogP contribution in [0.2, 0.25) is 0 Å². The second-order valence-corrected chi connectivity index (χ2v) is 8.44. The maximum atomic E-state index is 12.8. The number of aromatic nitrogens is 5. The van der Waals surface area contributed by atoms with Gasteiger partial charge >= 0.3 is 6.18 Å². The van der Waals surface area contributed by atoms with E-state index in [1.54, 1.807) is 5.32 Å². The average Bonchev–Trinajstić information content (AvgIpc) is 3.55. The summed E-state index contributed by atoms with van der Waals surface area (Å²) in [6.07, 6.45) is -3.25. The Labute approximate surface area is 225 Å². The van der Waals surface area contributed by atoms with Gasteiger partial charge in [0.1, 0.15) is 37.1 Å². The maximum absolute atomic E-state index is 12.8. The van der Waals surface area contributed by atoms with Gasteiger partial charge in [0.2, 0.25) is 0 Å². The summed E-state index contributed by atoms with van der Waals surface area (Å²) in [4.78, 5) is 29.5. The van der Waals surface area contributed by atoms with Crippen LogP contribution in [0.3, 0.4) is 0 Å². The summed E-state index contributed by atoms with van der Waals surface area (Å²) in [5, 5.41) is 12.4.